The zero-order valence-electron chi connectivity index (χ0n) is 8.93. The number of amides is 1. The number of hydrogen-bond acceptors (Lipinski definition) is 4. The van der Waals surface area contributed by atoms with Crippen molar-refractivity contribution >= 4 is 5.91 Å². The first-order valence-electron chi connectivity index (χ1n) is 4.69. The summed E-state index contributed by atoms with van der Waals surface area (Å²) in [6.07, 6.45) is 3.25. The van der Waals surface area contributed by atoms with Crippen LogP contribution in [0.4, 0.5) is 0 Å². The van der Waals surface area contributed by atoms with Crippen LogP contribution in [0.15, 0.2) is 12.4 Å². The lowest BCUT2D eigenvalue weighted by molar-refractivity contribution is -0.123. The normalized spacial score (nSPS) is 14.6. The van der Waals surface area contributed by atoms with Gasteiger partial charge in [-0.2, -0.15) is 5.10 Å². The number of carbonyl (C=O) groups excluding carboxylic acids is 1. The van der Waals surface area contributed by atoms with Crippen LogP contribution in [0.25, 0.3) is 0 Å². The summed E-state index contributed by atoms with van der Waals surface area (Å²) in [7, 11) is 0. The lowest BCUT2D eigenvalue weighted by Crippen LogP contribution is -2.52. The fourth-order valence-corrected chi connectivity index (χ4v) is 1.09. The van der Waals surface area contributed by atoms with E-state index in [1.54, 1.807) is 19.3 Å². The molecule has 84 valence electrons. The van der Waals surface area contributed by atoms with Gasteiger partial charge in [0.15, 0.2) is 5.75 Å². The number of carbonyl (C=O) groups is 1. The van der Waals surface area contributed by atoms with Crippen LogP contribution in [0, 0.1) is 0 Å². The molecule has 1 aromatic heterocycles. The highest BCUT2D eigenvalue weighted by molar-refractivity contribution is 5.83. The van der Waals surface area contributed by atoms with Crippen LogP contribution in [0.1, 0.15) is 13.8 Å². The molecule has 1 aromatic rings. The summed E-state index contributed by atoms with van der Waals surface area (Å²) >= 11 is 0. The summed E-state index contributed by atoms with van der Waals surface area (Å²) in [4.78, 5) is 11.0. The summed E-state index contributed by atoms with van der Waals surface area (Å²) in [5.74, 6) is 0.0914. The smallest absolute Gasteiger partial charge is 0.239 e. The van der Waals surface area contributed by atoms with Crippen molar-refractivity contribution in [3.05, 3.63) is 12.4 Å². The van der Waals surface area contributed by atoms with Gasteiger partial charge in [-0.3, -0.25) is 9.48 Å². The first-order valence-corrected chi connectivity index (χ1v) is 4.69. The van der Waals surface area contributed by atoms with Gasteiger partial charge in [-0.1, -0.05) is 0 Å². The van der Waals surface area contributed by atoms with Crippen LogP contribution in [-0.4, -0.2) is 27.8 Å². The SMILES string of the molecule is CCOc1cnn(CC(C)(N)C(N)=O)c1. The Labute approximate surface area is 88.2 Å². The number of rotatable bonds is 5. The van der Waals surface area contributed by atoms with Crippen molar-refractivity contribution in [1.82, 2.24) is 9.78 Å². The molecule has 0 aliphatic heterocycles. The lowest BCUT2D eigenvalue weighted by atomic mass is 10.0. The van der Waals surface area contributed by atoms with E-state index in [1.807, 2.05) is 6.92 Å². The number of ether oxygens (including phenoxy) is 1. The van der Waals surface area contributed by atoms with Gasteiger partial charge in [0.1, 0.15) is 5.54 Å². The van der Waals surface area contributed by atoms with E-state index in [0.717, 1.165) is 0 Å². The molecule has 0 bridgehead atoms. The van der Waals surface area contributed by atoms with Crippen molar-refractivity contribution < 1.29 is 9.53 Å². The quantitative estimate of drug-likeness (QED) is 0.686. The lowest BCUT2D eigenvalue weighted by Gasteiger charge is -2.19. The molecular formula is C9H16N4O2. The second-order valence-electron chi connectivity index (χ2n) is 3.59. The highest BCUT2D eigenvalue weighted by Crippen LogP contribution is 2.10. The van der Waals surface area contributed by atoms with E-state index in [-0.39, 0.29) is 6.54 Å². The van der Waals surface area contributed by atoms with Crippen molar-refractivity contribution in [3.63, 3.8) is 0 Å². The van der Waals surface area contributed by atoms with Crippen molar-refractivity contribution in [2.75, 3.05) is 6.61 Å². The first kappa shape index (κ1) is 11.5. The van der Waals surface area contributed by atoms with Gasteiger partial charge in [-0.15, -0.1) is 0 Å². The Morgan fingerprint density at radius 1 is 1.73 bits per heavy atom. The zero-order chi connectivity index (χ0) is 11.5. The van der Waals surface area contributed by atoms with Crippen molar-refractivity contribution in [2.24, 2.45) is 11.5 Å². The Kier molecular flexibility index (Phi) is 3.31. The Hall–Kier alpha value is -1.56. The summed E-state index contributed by atoms with van der Waals surface area (Å²) in [6.45, 7) is 4.25. The second kappa shape index (κ2) is 4.31. The minimum absolute atomic E-state index is 0.232. The van der Waals surface area contributed by atoms with Crippen LogP contribution in [0.3, 0.4) is 0 Å². The predicted octanol–water partition coefficient (Wildman–Crippen LogP) is -0.515. The van der Waals surface area contributed by atoms with Crippen LogP contribution in [-0.2, 0) is 11.3 Å². The maximum Gasteiger partial charge on any atom is 0.239 e. The summed E-state index contributed by atoms with van der Waals surface area (Å²) in [6, 6.07) is 0. The fourth-order valence-electron chi connectivity index (χ4n) is 1.09. The highest BCUT2D eigenvalue weighted by atomic mass is 16.5. The molecule has 15 heavy (non-hydrogen) atoms. The van der Waals surface area contributed by atoms with Gasteiger partial charge in [0.2, 0.25) is 5.91 Å². The molecule has 0 aliphatic carbocycles. The summed E-state index contributed by atoms with van der Waals surface area (Å²) in [5.41, 5.74) is 9.74. The van der Waals surface area contributed by atoms with Gasteiger partial charge in [-0.05, 0) is 13.8 Å². The molecule has 0 fully saturated rings. The molecular weight excluding hydrogens is 196 g/mol. The Morgan fingerprint density at radius 3 is 2.93 bits per heavy atom. The monoisotopic (exact) mass is 212 g/mol. The van der Waals surface area contributed by atoms with E-state index in [4.69, 9.17) is 16.2 Å². The van der Waals surface area contributed by atoms with Gasteiger partial charge in [0, 0.05) is 0 Å². The van der Waals surface area contributed by atoms with Gasteiger partial charge >= 0.3 is 0 Å². The zero-order valence-corrected chi connectivity index (χ0v) is 8.93. The Bertz CT molecular complexity index is 346. The van der Waals surface area contributed by atoms with Crippen LogP contribution >= 0.6 is 0 Å². The third-order valence-corrected chi connectivity index (χ3v) is 1.97. The third kappa shape index (κ3) is 2.95. The van der Waals surface area contributed by atoms with E-state index in [2.05, 4.69) is 5.10 Å². The second-order valence-corrected chi connectivity index (χ2v) is 3.59. The molecule has 6 heteroatoms. The predicted molar refractivity (Wildman–Crippen MR) is 55.2 cm³/mol. The number of primary amides is 1. The molecule has 1 atom stereocenters. The topological polar surface area (TPSA) is 96.2 Å². The Morgan fingerprint density at radius 2 is 2.40 bits per heavy atom. The van der Waals surface area contributed by atoms with Crippen molar-refractivity contribution in [3.8, 4) is 5.75 Å². The van der Waals surface area contributed by atoms with Crippen molar-refractivity contribution in [1.29, 1.82) is 0 Å². The minimum atomic E-state index is -1.10. The van der Waals surface area contributed by atoms with Gasteiger partial charge in [0.05, 0.1) is 25.5 Å². The molecule has 1 amide bonds. The van der Waals surface area contributed by atoms with Gasteiger partial charge < -0.3 is 16.2 Å². The van der Waals surface area contributed by atoms with Crippen LogP contribution < -0.4 is 16.2 Å². The number of aromatic nitrogens is 2. The number of nitrogens with two attached hydrogens (primary N) is 2. The largest absolute Gasteiger partial charge is 0.491 e. The van der Waals surface area contributed by atoms with E-state index in [0.29, 0.717) is 12.4 Å². The number of nitrogens with zero attached hydrogens (tertiary/aromatic N) is 2. The van der Waals surface area contributed by atoms with Crippen LogP contribution in [0.5, 0.6) is 5.75 Å². The molecule has 1 heterocycles. The highest BCUT2D eigenvalue weighted by Gasteiger charge is 2.26. The van der Waals surface area contributed by atoms with Gasteiger partial charge in [-0.25, -0.2) is 0 Å². The Balaban J connectivity index is 2.68. The maximum atomic E-state index is 11.0. The summed E-state index contributed by atoms with van der Waals surface area (Å²) < 4.78 is 6.76. The first-order chi connectivity index (χ1) is 6.95. The molecule has 4 N–H and O–H groups in total. The van der Waals surface area contributed by atoms with Crippen LogP contribution in [0.2, 0.25) is 0 Å². The molecule has 0 aromatic carbocycles. The standard InChI is InChI=1S/C9H16N4O2/c1-3-15-7-4-12-13(5-7)6-9(2,11)8(10)14/h4-5H,3,6,11H2,1-2H3,(H2,10,14). The molecule has 6 nitrogen and oxygen atoms in total. The molecule has 0 spiro atoms. The van der Waals surface area contributed by atoms with E-state index < -0.39 is 11.4 Å². The fraction of sp³-hybridized carbons (Fsp3) is 0.556. The third-order valence-electron chi connectivity index (χ3n) is 1.97. The van der Waals surface area contributed by atoms with E-state index in [1.165, 1.54) is 4.68 Å². The molecule has 0 saturated carbocycles. The number of hydrogen-bond donors (Lipinski definition) is 2. The molecule has 1 rings (SSSR count). The summed E-state index contributed by atoms with van der Waals surface area (Å²) in [5, 5.41) is 4.01. The van der Waals surface area contributed by atoms with Crippen molar-refractivity contribution in [2.45, 2.75) is 25.9 Å². The maximum absolute atomic E-state index is 11.0. The molecule has 0 radical (unpaired) electrons. The molecule has 0 saturated heterocycles. The van der Waals surface area contributed by atoms with E-state index >= 15 is 0 Å². The van der Waals surface area contributed by atoms with Gasteiger partial charge in [0.25, 0.3) is 0 Å². The average molecular weight is 212 g/mol. The minimum Gasteiger partial charge on any atom is -0.491 e. The van der Waals surface area contributed by atoms with E-state index in [9.17, 15) is 4.79 Å². The molecule has 0 aliphatic rings. The molecule has 1 unspecified atom stereocenters. The average Bonchev–Trinajstić information content (AvgIpc) is 2.52.